The molecular weight excluding hydrogens is 395 g/mol. The van der Waals surface area contributed by atoms with E-state index in [1.807, 2.05) is 13.0 Å². The number of nitrogens with zero attached hydrogens (tertiary/aromatic N) is 4. The quantitative estimate of drug-likeness (QED) is 0.670. The molecule has 1 N–H and O–H groups in total. The fraction of sp³-hybridized carbons (Fsp3) is 0.381. The van der Waals surface area contributed by atoms with Gasteiger partial charge in [0.05, 0.1) is 41.9 Å². The van der Waals surface area contributed by atoms with E-state index in [0.29, 0.717) is 30.2 Å². The standard InChI is InChI=1S/C21H22F3N5O/c1-12-11-30-7-6-29(12)15-8-17-19(25-10-15)13(2)27-28-21(17)26-9-14-4-3-5-16(18(14)22)20(23)24/h3-5,8,10,12,20H,6-7,9,11H2,1-2H3,(H,26,28). The summed E-state index contributed by atoms with van der Waals surface area (Å²) in [4.78, 5) is 6.77. The van der Waals surface area contributed by atoms with Crippen molar-refractivity contribution in [1.29, 1.82) is 0 Å². The first-order chi connectivity index (χ1) is 14.5. The largest absolute Gasteiger partial charge is 0.377 e. The lowest BCUT2D eigenvalue weighted by molar-refractivity contribution is 0.0989. The zero-order valence-corrected chi connectivity index (χ0v) is 16.7. The zero-order valence-electron chi connectivity index (χ0n) is 16.7. The Morgan fingerprint density at radius 1 is 1.30 bits per heavy atom. The van der Waals surface area contributed by atoms with Gasteiger partial charge in [0.2, 0.25) is 0 Å². The first-order valence-corrected chi connectivity index (χ1v) is 9.72. The van der Waals surface area contributed by atoms with Crippen molar-refractivity contribution in [3.05, 3.63) is 53.1 Å². The number of aromatic nitrogens is 3. The third-order valence-corrected chi connectivity index (χ3v) is 5.26. The lowest BCUT2D eigenvalue weighted by Crippen LogP contribution is -2.43. The number of hydrogen-bond acceptors (Lipinski definition) is 6. The molecule has 0 saturated carbocycles. The van der Waals surface area contributed by atoms with Crippen molar-refractivity contribution in [1.82, 2.24) is 15.2 Å². The topological polar surface area (TPSA) is 63.2 Å². The molecular formula is C21H22F3N5O. The molecule has 0 bridgehead atoms. The van der Waals surface area contributed by atoms with E-state index in [0.717, 1.165) is 23.7 Å². The van der Waals surface area contributed by atoms with Crippen LogP contribution in [0, 0.1) is 12.7 Å². The smallest absolute Gasteiger partial charge is 0.266 e. The van der Waals surface area contributed by atoms with E-state index < -0.39 is 17.8 Å². The maximum atomic E-state index is 14.4. The van der Waals surface area contributed by atoms with E-state index in [-0.39, 0.29) is 18.2 Å². The molecule has 1 saturated heterocycles. The molecule has 1 aliphatic rings. The number of ether oxygens (including phenoxy) is 1. The summed E-state index contributed by atoms with van der Waals surface area (Å²) in [6.07, 6.45) is -1.07. The van der Waals surface area contributed by atoms with Gasteiger partial charge < -0.3 is 15.0 Å². The van der Waals surface area contributed by atoms with E-state index in [9.17, 15) is 13.2 Å². The van der Waals surface area contributed by atoms with Crippen molar-refractivity contribution in [2.45, 2.75) is 32.9 Å². The second-order valence-electron chi connectivity index (χ2n) is 7.32. The van der Waals surface area contributed by atoms with Crippen molar-refractivity contribution in [3.8, 4) is 0 Å². The number of pyridine rings is 1. The third-order valence-electron chi connectivity index (χ3n) is 5.26. The number of morpholine rings is 1. The fourth-order valence-corrected chi connectivity index (χ4v) is 3.63. The first-order valence-electron chi connectivity index (χ1n) is 9.72. The van der Waals surface area contributed by atoms with Crippen molar-refractivity contribution >= 4 is 22.4 Å². The monoisotopic (exact) mass is 417 g/mol. The minimum atomic E-state index is -2.87. The van der Waals surface area contributed by atoms with Crippen LogP contribution in [0.5, 0.6) is 0 Å². The summed E-state index contributed by atoms with van der Waals surface area (Å²) in [6, 6.07) is 6.15. The van der Waals surface area contributed by atoms with Gasteiger partial charge in [-0.25, -0.2) is 13.2 Å². The number of hydrogen-bond donors (Lipinski definition) is 1. The molecule has 0 amide bonds. The number of rotatable bonds is 5. The Bertz CT molecular complexity index is 1060. The lowest BCUT2D eigenvalue weighted by Gasteiger charge is -2.35. The molecule has 2 aromatic heterocycles. The van der Waals surface area contributed by atoms with Crippen LogP contribution in [0.25, 0.3) is 10.9 Å². The van der Waals surface area contributed by atoms with Gasteiger partial charge in [-0.3, -0.25) is 4.98 Å². The molecule has 158 valence electrons. The van der Waals surface area contributed by atoms with Crippen LogP contribution < -0.4 is 10.2 Å². The number of nitrogens with one attached hydrogen (secondary N) is 1. The molecule has 4 rings (SSSR count). The van der Waals surface area contributed by atoms with Crippen LogP contribution in [0.4, 0.5) is 24.7 Å². The van der Waals surface area contributed by atoms with Gasteiger partial charge in [0.1, 0.15) is 5.82 Å². The molecule has 6 nitrogen and oxygen atoms in total. The molecule has 3 aromatic rings. The highest BCUT2D eigenvalue weighted by Gasteiger charge is 2.21. The minimum Gasteiger partial charge on any atom is -0.377 e. The van der Waals surface area contributed by atoms with Gasteiger partial charge in [0.25, 0.3) is 6.43 Å². The summed E-state index contributed by atoms with van der Waals surface area (Å²) < 4.78 is 45.8. The molecule has 1 fully saturated rings. The van der Waals surface area contributed by atoms with Crippen LogP contribution in [-0.2, 0) is 11.3 Å². The summed E-state index contributed by atoms with van der Waals surface area (Å²) >= 11 is 0. The predicted octanol–water partition coefficient (Wildman–Crippen LogP) is 4.25. The highest BCUT2D eigenvalue weighted by atomic mass is 19.3. The van der Waals surface area contributed by atoms with Gasteiger partial charge in [0, 0.05) is 30.1 Å². The van der Waals surface area contributed by atoms with Gasteiger partial charge in [-0.2, -0.15) is 5.10 Å². The lowest BCUT2D eigenvalue weighted by atomic mass is 10.1. The van der Waals surface area contributed by atoms with Gasteiger partial charge in [-0.05, 0) is 19.9 Å². The number of aryl methyl sites for hydroxylation is 1. The van der Waals surface area contributed by atoms with E-state index in [4.69, 9.17) is 4.74 Å². The van der Waals surface area contributed by atoms with E-state index in [1.165, 1.54) is 12.1 Å². The van der Waals surface area contributed by atoms with Gasteiger partial charge >= 0.3 is 0 Å². The molecule has 1 unspecified atom stereocenters. The Labute approximate surface area is 172 Å². The molecule has 30 heavy (non-hydrogen) atoms. The van der Waals surface area contributed by atoms with Gasteiger partial charge in [-0.15, -0.1) is 5.10 Å². The Kier molecular flexibility index (Phi) is 5.72. The SMILES string of the molecule is Cc1nnc(NCc2cccc(C(F)F)c2F)c2cc(N3CCOCC3C)cnc12. The molecule has 0 spiro atoms. The Balaban J connectivity index is 1.66. The fourth-order valence-electron chi connectivity index (χ4n) is 3.63. The second kappa shape index (κ2) is 8.43. The Morgan fingerprint density at radius 3 is 2.90 bits per heavy atom. The average molecular weight is 417 g/mol. The van der Waals surface area contributed by atoms with Crippen molar-refractivity contribution < 1.29 is 17.9 Å². The van der Waals surface area contributed by atoms with Gasteiger partial charge in [0.15, 0.2) is 5.82 Å². The van der Waals surface area contributed by atoms with E-state index in [2.05, 4.69) is 32.3 Å². The normalized spacial score (nSPS) is 17.0. The van der Waals surface area contributed by atoms with Crippen LogP contribution in [-0.4, -0.2) is 41.0 Å². The molecule has 0 aliphatic carbocycles. The van der Waals surface area contributed by atoms with Crippen molar-refractivity contribution in [2.75, 3.05) is 30.0 Å². The molecule has 0 radical (unpaired) electrons. The first kappa shape index (κ1) is 20.3. The van der Waals surface area contributed by atoms with E-state index >= 15 is 0 Å². The predicted molar refractivity (Wildman–Crippen MR) is 108 cm³/mol. The number of benzene rings is 1. The highest BCUT2D eigenvalue weighted by molar-refractivity contribution is 5.92. The molecule has 1 aromatic carbocycles. The summed E-state index contributed by atoms with van der Waals surface area (Å²) in [7, 11) is 0. The number of fused-ring (bicyclic) bond motifs is 1. The summed E-state index contributed by atoms with van der Waals surface area (Å²) in [5.41, 5.74) is 1.80. The molecule has 1 aliphatic heterocycles. The number of alkyl halides is 2. The number of halogens is 3. The molecule has 3 heterocycles. The second-order valence-corrected chi connectivity index (χ2v) is 7.32. The Hall–Kier alpha value is -2.94. The maximum Gasteiger partial charge on any atom is 0.266 e. The molecule has 1 atom stereocenters. The maximum absolute atomic E-state index is 14.4. The highest BCUT2D eigenvalue weighted by Crippen LogP contribution is 2.29. The van der Waals surface area contributed by atoms with Crippen LogP contribution >= 0.6 is 0 Å². The minimum absolute atomic E-state index is 0.00256. The summed E-state index contributed by atoms with van der Waals surface area (Å²) in [5.74, 6) is -0.488. The number of anilines is 2. The van der Waals surface area contributed by atoms with Crippen molar-refractivity contribution in [2.24, 2.45) is 0 Å². The third kappa shape index (κ3) is 3.89. The summed E-state index contributed by atoms with van der Waals surface area (Å²) in [6.45, 7) is 5.92. The van der Waals surface area contributed by atoms with Crippen LogP contribution in [0.15, 0.2) is 30.5 Å². The zero-order chi connectivity index (χ0) is 21.3. The Morgan fingerprint density at radius 2 is 2.13 bits per heavy atom. The average Bonchev–Trinajstić information content (AvgIpc) is 2.74. The van der Waals surface area contributed by atoms with Crippen molar-refractivity contribution in [3.63, 3.8) is 0 Å². The van der Waals surface area contributed by atoms with Crippen LogP contribution in [0.1, 0.15) is 30.2 Å². The van der Waals surface area contributed by atoms with E-state index in [1.54, 1.807) is 6.20 Å². The van der Waals surface area contributed by atoms with Gasteiger partial charge in [-0.1, -0.05) is 18.2 Å². The molecule has 9 heteroatoms. The summed E-state index contributed by atoms with van der Waals surface area (Å²) in [5, 5.41) is 12.1. The van der Waals surface area contributed by atoms with Crippen LogP contribution in [0.3, 0.4) is 0 Å². The van der Waals surface area contributed by atoms with Crippen LogP contribution in [0.2, 0.25) is 0 Å².